The third-order valence-electron chi connectivity index (χ3n) is 3.81. The summed E-state index contributed by atoms with van der Waals surface area (Å²) in [6.07, 6.45) is 1.11. The van der Waals surface area contributed by atoms with E-state index in [9.17, 15) is 8.78 Å². The van der Waals surface area contributed by atoms with Gasteiger partial charge in [0, 0.05) is 12.1 Å². The summed E-state index contributed by atoms with van der Waals surface area (Å²) in [5.41, 5.74) is 6.79. The predicted octanol–water partition coefficient (Wildman–Crippen LogP) is 3.20. The molecular formula is C17H20F2N2. The van der Waals surface area contributed by atoms with Crippen molar-refractivity contribution < 1.29 is 8.78 Å². The van der Waals surface area contributed by atoms with Crippen LogP contribution >= 0.6 is 0 Å². The Morgan fingerprint density at radius 3 is 2.29 bits per heavy atom. The van der Waals surface area contributed by atoms with Gasteiger partial charge in [0.15, 0.2) is 0 Å². The molecule has 0 saturated carbocycles. The van der Waals surface area contributed by atoms with Crippen LogP contribution in [0.4, 0.5) is 8.78 Å². The monoisotopic (exact) mass is 290 g/mol. The van der Waals surface area contributed by atoms with Gasteiger partial charge in [0.2, 0.25) is 0 Å². The zero-order chi connectivity index (χ0) is 15.4. The van der Waals surface area contributed by atoms with Crippen LogP contribution in [-0.2, 0) is 12.8 Å². The summed E-state index contributed by atoms with van der Waals surface area (Å²) < 4.78 is 26.7. The van der Waals surface area contributed by atoms with Gasteiger partial charge in [-0.25, -0.2) is 8.78 Å². The Bertz CT molecular complexity index is 606. The van der Waals surface area contributed by atoms with Crippen LogP contribution < -0.4 is 11.3 Å². The van der Waals surface area contributed by atoms with Gasteiger partial charge in [-0.1, -0.05) is 24.3 Å². The Balaban J connectivity index is 2.17. The van der Waals surface area contributed by atoms with Crippen LogP contribution in [0.5, 0.6) is 0 Å². The van der Waals surface area contributed by atoms with E-state index in [2.05, 4.69) is 5.43 Å². The maximum atomic E-state index is 13.7. The van der Waals surface area contributed by atoms with Crippen LogP contribution in [0, 0.1) is 25.5 Å². The van der Waals surface area contributed by atoms with Crippen LogP contribution in [0.1, 0.15) is 22.3 Å². The smallest absolute Gasteiger partial charge is 0.129 e. The molecule has 0 spiro atoms. The normalized spacial score (nSPS) is 12.4. The third-order valence-corrected chi connectivity index (χ3v) is 3.81. The molecule has 2 aromatic rings. The lowest BCUT2D eigenvalue weighted by molar-refractivity contribution is 0.501. The molecule has 0 aliphatic rings. The van der Waals surface area contributed by atoms with Crippen molar-refractivity contribution in [3.8, 4) is 0 Å². The van der Waals surface area contributed by atoms with E-state index in [1.807, 2.05) is 32.0 Å². The second-order valence-corrected chi connectivity index (χ2v) is 5.38. The molecule has 1 unspecified atom stereocenters. The second-order valence-electron chi connectivity index (χ2n) is 5.38. The van der Waals surface area contributed by atoms with E-state index in [1.54, 1.807) is 0 Å². The minimum absolute atomic E-state index is 0.107. The molecule has 4 heteroatoms. The van der Waals surface area contributed by atoms with E-state index in [0.29, 0.717) is 18.4 Å². The minimum atomic E-state index is -0.566. The molecule has 2 nitrogen and oxygen atoms in total. The van der Waals surface area contributed by atoms with Gasteiger partial charge in [0.25, 0.3) is 0 Å². The first-order valence-electron chi connectivity index (χ1n) is 6.96. The first kappa shape index (κ1) is 15.6. The highest BCUT2D eigenvalue weighted by atomic mass is 19.1. The van der Waals surface area contributed by atoms with Crippen molar-refractivity contribution >= 4 is 0 Å². The first-order chi connectivity index (χ1) is 10.0. The van der Waals surface area contributed by atoms with Gasteiger partial charge < -0.3 is 0 Å². The lowest BCUT2D eigenvalue weighted by atomic mass is 9.93. The van der Waals surface area contributed by atoms with Crippen molar-refractivity contribution in [2.45, 2.75) is 32.7 Å². The largest absolute Gasteiger partial charge is 0.271 e. The van der Waals surface area contributed by atoms with E-state index >= 15 is 0 Å². The van der Waals surface area contributed by atoms with Crippen molar-refractivity contribution in [1.82, 2.24) is 5.43 Å². The van der Waals surface area contributed by atoms with Crippen molar-refractivity contribution in [2.24, 2.45) is 5.84 Å². The minimum Gasteiger partial charge on any atom is -0.271 e. The fraction of sp³-hybridized carbons (Fsp3) is 0.294. The number of hydrogen-bond donors (Lipinski definition) is 2. The maximum absolute atomic E-state index is 13.7. The molecule has 0 saturated heterocycles. The van der Waals surface area contributed by atoms with Crippen LogP contribution in [0.2, 0.25) is 0 Å². The Labute approximate surface area is 124 Å². The molecule has 0 heterocycles. The van der Waals surface area contributed by atoms with Gasteiger partial charge in [-0.15, -0.1) is 0 Å². The topological polar surface area (TPSA) is 38.0 Å². The highest BCUT2D eigenvalue weighted by Gasteiger charge is 2.14. The third kappa shape index (κ3) is 3.86. The quantitative estimate of drug-likeness (QED) is 0.655. The molecule has 2 rings (SSSR count). The number of nitrogens with one attached hydrogen (secondary N) is 1. The number of halogens is 2. The van der Waals surface area contributed by atoms with Gasteiger partial charge in [0.05, 0.1) is 0 Å². The zero-order valence-corrected chi connectivity index (χ0v) is 12.3. The summed E-state index contributed by atoms with van der Waals surface area (Å²) in [4.78, 5) is 0. The summed E-state index contributed by atoms with van der Waals surface area (Å²) in [6.45, 7) is 4.10. The molecule has 2 aromatic carbocycles. The van der Waals surface area contributed by atoms with Crippen molar-refractivity contribution in [1.29, 1.82) is 0 Å². The second kappa shape index (κ2) is 6.78. The van der Waals surface area contributed by atoms with Crippen molar-refractivity contribution in [3.63, 3.8) is 0 Å². The summed E-state index contributed by atoms with van der Waals surface area (Å²) in [5.74, 6) is 4.50. The van der Waals surface area contributed by atoms with E-state index < -0.39 is 11.6 Å². The van der Waals surface area contributed by atoms with E-state index in [1.165, 1.54) is 28.8 Å². The summed E-state index contributed by atoms with van der Waals surface area (Å²) in [6, 6.07) is 9.65. The fourth-order valence-corrected chi connectivity index (χ4v) is 2.56. The number of rotatable bonds is 5. The first-order valence-corrected chi connectivity index (χ1v) is 6.96. The van der Waals surface area contributed by atoms with Gasteiger partial charge in [-0.05, 0) is 55.0 Å². The summed E-state index contributed by atoms with van der Waals surface area (Å²) >= 11 is 0. The molecule has 0 bridgehead atoms. The number of nitrogens with two attached hydrogens (primary N) is 1. The zero-order valence-electron chi connectivity index (χ0n) is 12.3. The number of hydrogen-bond acceptors (Lipinski definition) is 2. The van der Waals surface area contributed by atoms with Gasteiger partial charge in [-0.3, -0.25) is 11.3 Å². The molecule has 0 fully saturated rings. The van der Waals surface area contributed by atoms with Crippen LogP contribution in [0.25, 0.3) is 0 Å². The molecular weight excluding hydrogens is 270 g/mol. The summed E-state index contributed by atoms with van der Waals surface area (Å²) in [7, 11) is 0. The SMILES string of the molecule is Cc1cccc(C)c1CC(Cc1ccc(F)cc1F)NN. The highest BCUT2D eigenvalue weighted by Crippen LogP contribution is 2.18. The molecule has 112 valence electrons. The summed E-state index contributed by atoms with van der Waals surface area (Å²) in [5, 5.41) is 0. The molecule has 3 N–H and O–H groups in total. The molecule has 21 heavy (non-hydrogen) atoms. The molecule has 0 aliphatic carbocycles. The average molecular weight is 290 g/mol. The predicted molar refractivity (Wildman–Crippen MR) is 80.8 cm³/mol. The molecule has 0 radical (unpaired) electrons. The molecule has 0 aromatic heterocycles. The van der Waals surface area contributed by atoms with Crippen LogP contribution in [0.15, 0.2) is 36.4 Å². The number of benzene rings is 2. The van der Waals surface area contributed by atoms with Gasteiger partial charge >= 0.3 is 0 Å². The van der Waals surface area contributed by atoms with E-state index in [-0.39, 0.29) is 6.04 Å². The standard InChI is InChI=1S/C17H20F2N2/c1-11-4-3-5-12(2)16(11)10-15(21-20)8-13-6-7-14(18)9-17(13)19/h3-7,9,15,21H,8,10,20H2,1-2H3. The number of hydrazine groups is 1. The number of aryl methyl sites for hydroxylation is 2. The molecule has 0 aliphatic heterocycles. The van der Waals surface area contributed by atoms with E-state index in [0.717, 1.165) is 6.07 Å². The highest BCUT2D eigenvalue weighted by molar-refractivity contribution is 5.34. The Morgan fingerprint density at radius 2 is 1.71 bits per heavy atom. The van der Waals surface area contributed by atoms with Crippen LogP contribution in [0.3, 0.4) is 0 Å². The lowest BCUT2D eigenvalue weighted by Gasteiger charge is -2.19. The molecule has 1 atom stereocenters. The van der Waals surface area contributed by atoms with Gasteiger partial charge in [0.1, 0.15) is 11.6 Å². The average Bonchev–Trinajstić information content (AvgIpc) is 2.44. The van der Waals surface area contributed by atoms with Gasteiger partial charge in [-0.2, -0.15) is 0 Å². The Hall–Kier alpha value is -1.78. The lowest BCUT2D eigenvalue weighted by Crippen LogP contribution is -2.39. The van der Waals surface area contributed by atoms with Crippen molar-refractivity contribution in [3.05, 3.63) is 70.3 Å². The maximum Gasteiger partial charge on any atom is 0.129 e. The van der Waals surface area contributed by atoms with Crippen LogP contribution in [-0.4, -0.2) is 6.04 Å². The van der Waals surface area contributed by atoms with Crippen molar-refractivity contribution in [2.75, 3.05) is 0 Å². The van der Waals surface area contributed by atoms with E-state index in [4.69, 9.17) is 5.84 Å². The Kier molecular flexibility index (Phi) is 5.04. The fourth-order valence-electron chi connectivity index (χ4n) is 2.56. The molecule has 0 amide bonds. The Morgan fingerprint density at radius 1 is 1.05 bits per heavy atom.